The molecule has 0 aliphatic rings. The van der Waals surface area contributed by atoms with Gasteiger partial charge in [-0.25, -0.2) is 0 Å². The number of hydrogen-bond donors (Lipinski definition) is 2. The Balaban J connectivity index is 2.53. The minimum absolute atomic E-state index is 0.381. The first-order chi connectivity index (χ1) is 9.33. The average Bonchev–Trinajstić information content (AvgIpc) is 2.36. The second-order valence-electron chi connectivity index (χ2n) is 4.87. The van der Waals surface area contributed by atoms with Gasteiger partial charge in [0, 0.05) is 19.6 Å². The minimum atomic E-state index is -3.57. The number of benzene rings is 1. The molecule has 1 aromatic rings. The van der Waals surface area contributed by atoms with Gasteiger partial charge in [0.2, 0.25) is 0 Å². The molecule has 1 rings (SSSR count). The van der Waals surface area contributed by atoms with Crippen molar-refractivity contribution >= 4 is 27.5 Å². The number of nitrogens with zero attached hydrogens (tertiary/aromatic N) is 1. The predicted molar refractivity (Wildman–Crippen MR) is 84.4 cm³/mol. The topological polar surface area (TPSA) is 61.4 Å². The molecular weight excluding hydrogens is 298 g/mol. The fourth-order valence-electron chi connectivity index (χ4n) is 1.57. The SMILES string of the molecule is CC(C)NCCCN(C)S(=O)(=O)Nc1ccccc1Cl. The molecule has 0 unspecified atom stereocenters. The summed E-state index contributed by atoms with van der Waals surface area (Å²) in [6, 6.07) is 7.16. The molecule has 2 N–H and O–H groups in total. The van der Waals surface area contributed by atoms with Crippen LogP contribution in [0.2, 0.25) is 5.02 Å². The van der Waals surface area contributed by atoms with E-state index in [1.165, 1.54) is 4.31 Å². The van der Waals surface area contributed by atoms with Crippen molar-refractivity contribution in [3.63, 3.8) is 0 Å². The number of halogens is 1. The number of para-hydroxylation sites is 1. The molecule has 0 aliphatic carbocycles. The standard InChI is InChI=1S/C13H22ClN3O2S/c1-11(2)15-9-6-10-17(3)20(18,19)16-13-8-5-4-7-12(13)14/h4-5,7-8,11,15-16H,6,9-10H2,1-3H3. The first-order valence-electron chi connectivity index (χ1n) is 6.55. The Morgan fingerprint density at radius 1 is 1.30 bits per heavy atom. The van der Waals surface area contributed by atoms with Crippen molar-refractivity contribution in [3.05, 3.63) is 29.3 Å². The van der Waals surface area contributed by atoms with Crippen LogP contribution in [0.3, 0.4) is 0 Å². The fourth-order valence-corrected chi connectivity index (χ4v) is 2.79. The summed E-state index contributed by atoms with van der Waals surface area (Å²) in [5.41, 5.74) is 0.390. The van der Waals surface area contributed by atoms with Gasteiger partial charge in [-0.05, 0) is 25.1 Å². The zero-order valence-electron chi connectivity index (χ0n) is 12.1. The van der Waals surface area contributed by atoms with E-state index in [1.807, 2.05) is 0 Å². The van der Waals surface area contributed by atoms with Crippen molar-refractivity contribution in [1.82, 2.24) is 9.62 Å². The third kappa shape index (κ3) is 5.66. The number of nitrogens with one attached hydrogen (secondary N) is 2. The monoisotopic (exact) mass is 319 g/mol. The Hall–Kier alpha value is -0.820. The molecule has 0 amide bonds. The third-order valence-corrected chi connectivity index (χ3v) is 4.54. The minimum Gasteiger partial charge on any atom is -0.314 e. The van der Waals surface area contributed by atoms with E-state index in [2.05, 4.69) is 23.9 Å². The molecule has 20 heavy (non-hydrogen) atoms. The number of anilines is 1. The van der Waals surface area contributed by atoms with Crippen molar-refractivity contribution in [3.8, 4) is 0 Å². The molecule has 0 atom stereocenters. The lowest BCUT2D eigenvalue weighted by Gasteiger charge is -2.19. The van der Waals surface area contributed by atoms with Crippen LogP contribution in [-0.2, 0) is 10.2 Å². The normalized spacial score (nSPS) is 12.1. The summed E-state index contributed by atoms with van der Waals surface area (Å²) in [4.78, 5) is 0. The summed E-state index contributed by atoms with van der Waals surface area (Å²) in [5.74, 6) is 0. The summed E-state index contributed by atoms with van der Waals surface area (Å²) in [5, 5.41) is 3.63. The molecule has 1 aromatic carbocycles. The van der Waals surface area contributed by atoms with Gasteiger partial charge in [0.15, 0.2) is 0 Å². The second kappa shape index (κ2) is 7.83. The highest BCUT2D eigenvalue weighted by atomic mass is 35.5. The summed E-state index contributed by atoms with van der Waals surface area (Å²) < 4.78 is 28.0. The lowest BCUT2D eigenvalue weighted by molar-refractivity contribution is 0.451. The van der Waals surface area contributed by atoms with Crippen LogP contribution in [-0.4, -0.2) is 38.9 Å². The summed E-state index contributed by atoms with van der Waals surface area (Å²) in [6.07, 6.45) is 0.748. The van der Waals surface area contributed by atoms with Gasteiger partial charge in [-0.1, -0.05) is 37.6 Å². The van der Waals surface area contributed by atoms with Gasteiger partial charge < -0.3 is 5.32 Å². The molecule has 0 fully saturated rings. The smallest absolute Gasteiger partial charge is 0.301 e. The highest BCUT2D eigenvalue weighted by Gasteiger charge is 2.18. The van der Waals surface area contributed by atoms with Gasteiger partial charge >= 0.3 is 10.2 Å². The quantitative estimate of drug-likeness (QED) is 0.723. The molecule has 5 nitrogen and oxygen atoms in total. The predicted octanol–water partition coefficient (Wildman–Crippen LogP) is 2.32. The van der Waals surface area contributed by atoms with Gasteiger partial charge in [-0.2, -0.15) is 12.7 Å². The van der Waals surface area contributed by atoms with E-state index in [4.69, 9.17) is 11.6 Å². The molecule has 0 heterocycles. The molecular formula is C13H22ClN3O2S. The molecule has 0 saturated carbocycles. The molecule has 114 valence electrons. The fraction of sp³-hybridized carbons (Fsp3) is 0.538. The van der Waals surface area contributed by atoms with Crippen LogP contribution in [0.25, 0.3) is 0 Å². The molecule has 0 aromatic heterocycles. The largest absolute Gasteiger partial charge is 0.314 e. The van der Waals surface area contributed by atoms with Crippen LogP contribution < -0.4 is 10.0 Å². The Morgan fingerprint density at radius 2 is 1.95 bits per heavy atom. The maximum atomic E-state index is 12.1. The van der Waals surface area contributed by atoms with Crippen LogP contribution in [0.4, 0.5) is 5.69 Å². The van der Waals surface area contributed by atoms with Crippen molar-refractivity contribution in [2.75, 3.05) is 24.9 Å². The maximum absolute atomic E-state index is 12.1. The molecule has 7 heteroatoms. The van der Waals surface area contributed by atoms with Gasteiger partial charge in [-0.15, -0.1) is 0 Å². The van der Waals surface area contributed by atoms with E-state index in [0.717, 1.165) is 13.0 Å². The van der Waals surface area contributed by atoms with Crippen LogP contribution in [0, 0.1) is 0 Å². The van der Waals surface area contributed by atoms with Crippen LogP contribution in [0.15, 0.2) is 24.3 Å². The van der Waals surface area contributed by atoms with Gasteiger partial charge in [0.1, 0.15) is 0 Å². The average molecular weight is 320 g/mol. The molecule has 0 spiro atoms. The highest BCUT2D eigenvalue weighted by Crippen LogP contribution is 2.22. The van der Waals surface area contributed by atoms with Crippen molar-refractivity contribution < 1.29 is 8.42 Å². The Bertz CT molecular complexity index is 520. The van der Waals surface area contributed by atoms with Crippen molar-refractivity contribution in [2.24, 2.45) is 0 Å². The van der Waals surface area contributed by atoms with E-state index in [0.29, 0.717) is 23.3 Å². The van der Waals surface area contributed by atoms with E-state index in [1.54, 1.807) is 31.3 Å². The lowest BCUT2D eigenvalue weighted by atomic mass is 10.3. The zero-order valence-corrected chi connectivity index (χ0v) is 13.6. The van der Waals surface area contributed by atoms with Gasteiger partial charge in [-0.3, -0.25) is 4.72 Å². The van der Waals surface area contributed by atoms with Crippen molar-refractivity contribution in [2.45, 2.75) is 26.3 Å². The Morgan fingerprint density at radius 3 is 2.55 bits per heavy atom. The molecule has 0 bridgehead atoms. The number of hydrogen-bond acceptors (Lipinski definition) is 3. The highest BCUT2D eigenvalue weighted by molar-refractivity contribution is 7.90. The van der Waals surface area contributed by atoms with Crippen LogP contribution in [0.5, 0.6) is 0 Å². The van der Waals surface area contributed by atoms with Gasteiger partial charge in [0.05, 0.1) is 10.7 Å². The lowest BCUT2D eigenvalue weighted by Crippen LogP contribution is -2.35. The second-order valence-corrected chi connectivity index (χ2v) is 7.06. The Labute approximate surface area is 126 Å². The summed E-state index contributed by atoms with van der Waals surface area (Å²) in [6.45, 7) is 5.34. The first kappa shape index (κ1) is 17.2. The van der Waals surface area contributed by atoms with Crippen LogP contribution >= 0.6 is 11.6 Å². The van der Waals surface area contributed by atoms with Crippen LogP contribution in [0.1, 0.15) is 20.3 Å². The number of rotatable bonds is 8. The van der Waals surface area contributed by atoms with Crippen molar-refractivity contribution in [1.29, 1.82) is 0 Å². The summed E-state index contributed by atoms with van der Waals surface area (Å²) in [7, 11) is -2.02. The molecule has 0 radical (unpaired) electrons. The van der Waals surface area contributed by atoms with E-state index >= 15 is 0 Å². The first-order valence-corrected chi connectivity index (χ1v) is 8.36. The third-order valence-electron chi connectivity index (χ3n) is 2.73. The maximum Gasteiger partial charge on any atom is 0.301 e. The Kier molecular flexibility index (Phi) is 6.75. The summed E-state index contributed by atoms with van der Waals surface area (Å²) >= 11 is 5.94. The van der Waals surface area contributed by atoms with E-state index in [9.17, 15) is 8.42 Å². The van der Waals surface area contributed by atoms with E-state index < -0.39 is 10.2 Å². The molecule has 0 aliphatic heterocycles. The molecule has 0 saturated heterocycles. The van der Waals surface area contributed by atoms with Gasteiger partial charge in [0.25, 0.3) is 0 Å². The van der Waals surface area contributed by atoms with E-state index in [-0.39, 0.29) is 0 Å². The zero-order chi connectivity index (χ0) is 15.2.